The van der Waals surface area contributed by atoms with E-state index in [1.165, 1.54) is 6.07 Å². The summed E-state index contributed by atoms with van der Waals surface area (Å²) in [7, 11) is 0. The number of hydrogen-bond donors (Lipinski definition) is 2. The molecule has 0 unspecified atom stereocenters. The highest BCUT2D eigenvalue weighted by Crippen LogP contribution is 2.23. The molecule has 0 atom stereocenters. The minimum atomic E-state index is -0.113. The van der Waals surface area contributed by atoms with Gasteiger partial charge in [0.05, 0.1) is 6.20 Å². The molecule has 2 aromatic rings. The van der Waals surface area contributed by atoms with Crippen LogP contribution in [-0.4, -0.2) is 42.0 Å². The lowest BCUT2D eigenvalue weighted by Gasteiger charge is -2.32. The van der Waals surface area contributed by atoms with Crippen molar-refractivity contribution >= 4 is 29.9 Å². The average Bonchev–Trinajstić information content (AvgIpc) is 3.22. The molecular weight excluding hydrogens is 520 g/mol. The van der Waals surface area contributed by atoms with Crippen molar-refractivity contribution in [2.24, 2.45) is 10.9 Å². The van der Waals surface area contributed by atoms with E-state index in [4.69, 9.17) is 4.42 Å². The van der Waals surface area contributed by atoms with E-state index in [-0.39, 0.29) is 35.2 Å². The Morgan fingerprint density at radius 3 is 2.56 bits per heavy atom. The Bertz CT molecular complexity index is 856. The highest BCUT2D eigenvalue weighted by molar-refractivity contribution is 14.0. The Labute approximate surface area is 208 Å². The van der Waals surface area contributed by atoms with E-state index in [9.17, 15) is 4.39 Å². The molecule has 1 aromatic heterocycles. The first-order chi connectivity index (χ1) is 14.8. The first-order valence-corrected chi connectivity index (χ1v) is 11.3. The fraction of sp³-hybridized carbons (Fsp3) is 0.583. The topological polar surface area (TPSA) is 65.7 Å². The molecule has 0 amide bonds. The molecule has 2 N–H and O–H groups in total. The Hall–Kier alpha value is -1.68. The number of nitrogens with one attached hydrogen (secondary N) is 2. The van der Waals surface area contributed by atoms with E-state index in [0.717, 1.165) is 56.3 Å². The normalized spacial score (nSPS) is 16.0. The van der Waals surface area contributed by atoms with Crippen LogP contribution in [0.25, 0.3) is 0 Å². The number of aliphatic imine (C=N–C) groups is 1. The predicted octanol–water partition coefficient (Wildman–Crippen LogP) is 4.70. The number of nitrogens with zero attached hydrogens (tertiary/aromatic N) is 3. The zero-order valence-electron chi connectivity index (χ0n) is 19.7. The molecule has 1 aliphatic heterocycles. The summed E-state index contributed by atoms with van der Waals surface area (Å²) >= 11 is 0. The summed E-state index contributed by atoms with van der Waals surface area (Å²) in [4.78, 5) is 11.3. The fourth-order valence-electron chi connectivity index (χ4n) is 3.68. The maximum absolute atomic E-state index is 13.9. The molecule has 1 aliphatic rings. The molecule has 32 heavy (non-hydrogen) atoms. The minimum Gasteiger partial charge on any atom is -0.443 e. The molecule has 8 heteroatoms. The number of guanidine groups is 1. The number of halogens is 2. The Kier molecular flexibility index (Phi) is 10.4. The van der Waals surface area contributed by atoms with Crippen molar-refractivity contribution in [3.05, 3.63) is 53.5 Å². The zero-order chi connectivity index (χ0) is 22.3. The highest BCUT2D eigenvalue weighted by atomic mass is 127. The van der Waals surface area contributed by atoms with Crippen LogP contribution in [0, 0.1) is 11.7 Å². The number of hydrogen-bond acceptors (Lipinski definition) is 4. The molecule has 3 rings (SSSR count). The van der Waals surface area contributed by atoms with Crippen molar-refractivity contribution in [2.45, 2.75) is 59.0 Å². The Balaban J connectivity index is 0.00000363. The van der Waals surface area contributed by atoms with Gasteiger partial charge in [0.1, 0.15) is 18.1 Å². The van der Waals surface area contributed by atoms with E-state index in [1.54, 1.807) is 12.3 Å². The number of oxazole rings is 1. The van der Waals surface area contributed by atoms with Gasteiger partial charge in [-0.05, 0) is 44.8 Å². The van der Waals surface area contributed by atoms with E-state index < -0.39 is 0 Å². The van der Waals surface area contributed by atoms with Crippen molar-refractivity contribution in [1.82, 2.24) is 20.5 Å². The van der Waals surface area contributed by atoms with Gasteiger partial charge in [-0.1, -0.05) is 39.0 Å². The molecule has 1 saturated heterocycles. The van der Waals surface area contributed by atoms with Crippen molar-refractivity contribution in [3.8, 4) is 0 Å². The molecule has 0 aliphatic carbocycles. The molecule has 0 radical (unpaired) electrons. The van der Waals surface area contributed by atoms with Crippen LogP contribution in [0.2, 0.25) is 0 Å². The van der Waals surface area contributed by atoms with Gasteiger partial charge in [-0.2, -0.15) is 0 Å². The van der Waals surface area contributed by atoms with Gasteiger partial charge < -0.3 is 15.1 Å². The molecule has 2 heterocycles. The van der Waals surface area contributed by atoms with E-state index in [2.05, 4.69) is 53.2 Å². The van der Waals surface area contributed by atoms with Crippen LogP contribution in [0.5, 0.6) is 0 Å². The van der Waals surface area contributed by atoms with Gasteiger partial charge in [0, 0.05) is 30.6 Å². The number of piperidine rings is 1. The van der Waals surface area contributed by atoms with E-state index in [1.807, 2.05) is 12.1 Å². The lowest BCUT2D eigenvalue weighted by Crippen LogP contribution is -2.42. The van der Waals surface area contributed by atoms with Crippen LogP contribution in [0.1, 0.15) is 57.8 Å². The van der Waals surface area contributed by atoms with Crippen molar-refractivity contribution in [3.63, 3.8) is 0 Å². The molecule has 178 valence electrons. The minimum absolute atomic E-state index is 0. The van der Waals surface area contributed by atoms with Gasteiger partial charge in [0.15, 0.2) is 5.96 Å². The van der Waals surface area contributed by atoms with E-state index in [0.29, 0.717) is 24.9 Å². The smallest absolute Gasteiger partial charge is 0.216 e. The number of benzene rings is 1. The highest BCUT2D eigenvalue weighted by Gasteiger charge is 2.21. The zero-order valence-corrected chi connectivity index (χ0v) is 22.0. The van der Waals surface area contributed by atoms with Crippen molar-refractivity contribution in [1.29, 1.82) is 0 Å². The standard InChI is InChI=1S/C24H36FN5O.HI/c1-5-26-23(29-16-22-27-15-21(31-22)24(2,3)4)28-14-18-10-12-30(13-11-18)17-19-8-6-7-9-20(19)25;/h6-9,15,18H,5,10-14,16-17H2,1-4H3,(H2,26,28,29);1H. The molecular formula is C24H37FIN5O. The maximum atomic E-state index is 13.9. The number of aromatic nitrogens is 1. The monoisotopic (exact) mass is 557 g/mol. The van der Waals surface area contributed by atoms with Gasteiger partial charge in [-0.25, -0.2) is 14.4 Å². The second kappa shape index (κ2) is 12.5. The second-order valence-corrected chi connectivity index (χ2v) is 9.26. The summed E-state index contributed by atoms with van der Waals surface area (Å²) in [6, 6.07) is 7.06. The van der Waals surface area contributed by atoms with Crippen LogP contribution < -0.4 is 10.6 Å². The average molecular weight is 557 g/mol. The summed E-state index contributed by atoms with van der Waals surface area (Å²) in [5.74, 6) is 2.75. The van der Waals surface area contributed by atoms with Crippen LogP contribution in [-0.2, 0) is 18.5 Å². The third kappa shape index (κ3) is 8.03. The third-order valence-corrected chi connectivity index (χ3v) is 5.63. The Morgan fingerprint density at radius 1 is 1.22 bits per heavy atom. The van der Waals surface area contributed by atoms with Crippen molar-refractivity contribution < 1.29 is 8.81 Å². The van der Waals surface area contributed by atoms with Gasteiger partial charge in [0.25, 0.3) is 0 Å². The van der Waals surface area contributed by atoms with Gasteiger partial charge in [-0.15, -0.1) is 24.0 Å². The second-order valence-electron chi connectivity index (χ2n) is 9.26. The molecule has 6 nitrogen and oxygen atoms in total. The first-order valence-electron chi connectivity index (χ1n) is 11.3. The maximum Gasteiger partial charge on any atom is 0.216 e. The molecule has 1 fully saturated rings. The number of rotatable bonds is 7. The van der Waals surface area contributed by atoms with Gasteiger partial charge in [-0.3, -0.25) is 4.90 Å². The lowest BCUT2D eigenvalue weighted by molar-refractivity contribution is 0.176. The van der Waals surface area contributed by atoms with Crippen LogP contribution >= 0.6 is 24.0 Å². The van der Waals surface area contributed by atoms with E-state index >= 15 is 0 Å². The quantitative estimate of drug-likeness (QED) is 0.294. The SMILES string of the molecule is CCNC(=NCc1ncc(C(C)(C)C)o1)NCC1CCN(Cc2ccccc2F)CC1.I. The summed E-state index contributed by atoms with van der Waals surface area (Å²) in [5, 5.41) is 6.76. The molecule has 0 spiro atoms. The third-order valence-electron chi connectivity index (χ3n) is 5.63. The van der Waals surface area contributed by atoms with Gasteiger partial charge >= 0.3 is 0 Å². The Morgan fingerprint density at radius 2 is 1.94 bits per heavy atom. The van der Waals surface area contributed by atoms with Crippen LogP contribution in [0.15, 0.2) is 39.9 Å². The van der Waals surface area contributed by atoms with Gasteiger partial charge in [0.2, 0.25) is 5.89 Å². The predicted molar refractivity (Wildman–Crippen MR) is 138 cm³/mol. The molecule has 0 bridgehead atoms. The molecule has 1 aromatic carbocycles. The first kappa shape index (κ1) is 26.6. The fourth-order valence-corrected chi connectivity index (χ4v) is 3.68. The number of likely N-dealkylation sites (tertiary alicyclic amines) is 1. The van der Waals surface area contributed by atoms with Crippen LogP contribution in [0.4, 0.5) is 4.39 Å². The lowest BCUT2D eigenvalue weighted by atomic mass is 9.94. The summed E-state index contributed by atoms with van der Waals surface area (Å²) in [5.41, 5.74) is 0.723. The molecule has 0 saturated carbocycles. The largest absolute Gasteiger partial charge is 0.443 e. The van der Waals surface area contributed by atoms with Crippen molar-refractivity contribution in [2.75, 3.05) is 26.2 Å². The summed E-state index contributed by atoms with van der Waals surface area (Å²) in [6.45, 7) is 13.1. The van der Waals surface area contributed by atoms with Crippen LogP contribution in [0.3, 0.4) is 0 Å². The summed E-state index contributed by atoms with van der Waals surface area (Å²) in [6.07, 6.45) is 3.98. The summed E-state index contributed by atoms with van der Waals surface area (Å²) < 4.78 is 19.7.